The Morgan fingerprint density at radius 2 is 1.84 bits per heavy atom. The van der Waals surface area contributed by atoms with Gasteiger partial charge < -0.3 is 9.84 Å². The molecule has 3 rings (SSSR count). The van der Waals surface area contributed by atoms with Gasteiger partial charge in [0.1, 0.15) is 5.75 Å². The number of halogens is 3. The number of aryl methyl sites for hydroxylation is 3. The largest absolute Gasteiger partial charge is 0.479 e. The van der Waals surface area contributed by atoms with Gasteiger partial charge in [0.25, 0.3) is 0 Å². The van der Waals surface area contributed by atoms with E-state index >= 15 is 0 Å². The molecule has 170 valence electrons. The maximum absolute atomic E-state index is 13.0. The van der Waals surface area contributed by atoms with Gasteiger partial charge >= 0.3 is 12.1 Å². The van der Waals surface area contributed by atoms with Crippen molar-refractivity contribution < 1.29 is 32.6 Å². The number of Topliss-reactive ketones (excluding diaryl/α,β-unsaturated/α-hetero) is 1. The first-order valence-corrected chi connectivity index (χ1v) is 11.0. The third kappa shape index (κ3) is 5.12. The molecule has 0 aliphatic carbocycles. The molecule has 0 saturated carbocycles. The van der Waals surface area contributed by atoms with Crippen molar-refractivity contribution in [1.29, 1.82) is 0 Å². The highest BCUT2D eigenvalue weighted by atomic mass is 32.1. The van der Waals surface area contributed by atoms with Crippen LogP contribution in [0, 0.1) is 13.8 Å². The minimum Gasteiger partial charge on any atom is -0.479 e. The maximum atomic E-state index is 13.0. The first-order chi connectivity index (χ1) is 15.0. The Morgan fingerprint density at radius 3 is 2.44 bits per heavy atom. The maximum Gasteiger partial charge on any atom is 0.416 e. The second-order valence-electron chi connectivity index (χ2n) is 7.62. The molecule has 0 fully saturated rings. The fraction of sp³-hybridized carbons (Fsp3) is 0.333. The molecule has 1 unspecified atom stereocenters. The van der Waals surface area contributed by atoms with Gasteiger partial charge in [-0.3, -0.25) is 4.79 Å². The Kier molecular flexibility index (Phi) is 6.93. The van der Waals surface area contributed by atoms with Crippen LogP contribution in [0.4, 0.5) is 13.2 Å². The van der Waals surface area contributed by atoms with Crippen molar-refractivity contribution in [2.45, 2.75) is 52.3 Å². The summed E-state index contributed by atoms with van der Waals surface area (Å²) in [7, 11) is 0. The highest BCUT2D eigenvalue weighted by molar-refractivity contribution is 7.19. The van der Waals surface area contributed by atoms with Crippen LogP contribution in [0.3, 0.4) is 0 Å². The van der Waals surface area contributed by atoms with Crippen molar-refractivity contribution in [3.63, 3.8) is 0 Å². The number of hydrogen-bond acceptors (Lipinski definition) is 4. The number of ether oxygens (including phenoxy) is 1. The second kappa shape index (κ2) is 9.32. The second-order valence-corrected chi connectivity index (χ2v) is 8.75. The van der Waals surface area contributed by atoms with Crippen LogP contribution in [-0.2, 0) is 17.4 Å². The highest BCUT2D eigenvalue weighted by Crippen LogP contribution is 2.37. The molecule has 32 heavy (non-hydrogen) atoms. The molecule has 0 amide bonds. The number of ketones is 1. The minimum atomic E-state index is -4.39. The first kappa shape index (κ1) is 23.8. The van der Waals surface area contributed by atoms with Crippen molar-refractivity contribution in [3.8, 4) is 5.75 Å². The van der Waals surface area contributed by atoms with Crippen molar-refractivity contribution in [2.75, 3.05) is 0 Å². The van der Waals surface area contributed by atoms with Crippen molar-refractivity contribution >= 4 is 33.2 Å². The average Bonchev–Trinajstić information content (AvgIpc) is 3.05. The lowest BCUT2D eigenvalue weighted by Crippen LogP contribution is -2.26. The molecule has 1 atom stereocenters. The van der Waals surface area contributed by atoms with E-state index in [2.05, 4.69) is 0 Å². The quantitative estimate of drug-likeness (QED) is 0.382. The molecule has 3 aromatic rings. The molecule has 1 heterocycles. The van der Waals surface area contributed by atoms with Crippen molar-refractivity contribution in [1.82, 2.24) is 0 Å². The van der Waals surface area contributed by atoms with Crippen molar-refractivity contribution in [3.05, 3.63) is 63.5 Å². The third-order valence-corrected chi connectivity index (χ3v) is 6.69. The number of rotatable bonds is 8. The van der Waals surface area contributed by atoms with Gasteiger partial charge in [0.05, 0.1) is 5.56 Å². The molecule has 0 aliphatic heterocycles. The van der Waals surface area contributed by atoms with E-state index in [0.717, 1.165) is 27.3 Å². The zero-order valence-corrected chi connectivity index (χ0v) is 18.7. The number of benzene rings is 2. The van der Waals surface area contributed by atoms with Crippen LogP contribution in [-0.4, -0.2) is 23.0 Å². The van der Waals surface area contributed by atoms with E-state index in [1.54, 1.807) is 39.0 Å². The summed E-state index contributed by atoms with van der Waals surface area (Å²) in [5.74, 6) is -0.734. The normalized spacial score (nSPS) is 12.7. The summed E-state index contributed by atoms with van der Waals surface area (Å²) in [6.45, 7) is 5.24. The molecular formula is C24H23F3O4S. The molecule has 1 N–H and O–H groups in total. The van der Waals surface area contributed by atoms with E-state index in [4.69, 9.17) is 9.84 Å². The van der Waals surface area contributed by atoms with Gasteiger partial charge in [-0.2, -0.15) is 13.2 Å². The van der Waals surface area contributed by atoms with E-state index in [-0.39, 0.29) is 12.2 Å². The molecule has 0 radical (unpaired) electrons. The van der Waals surface area contributed by atoms with Gasteiger partial charge in [-0.15, -0.1) is 11.3 Å². The number of carboxylic acids is 1. The van der Waals surface area contributed by atoms with Crippen LogP contribution < -0.4 is 4.74 Å². The fourth-order valence-corrected chi connectivity index (χ4v) is 4.67. The van der Waals surface area contributed by atoms with Gasteiger partial charge in [0, 0.05) is 21.6 Å². The van der Waals surface area contributed by atoms with Gasteiger partial charge in [0.15, 0.2) is 11.9 Å². The van der Waals surface area contributed by atoms with Crippen molar-refractivity contribution in [2.24, 2.45) is 0 Å². The Hall–Kier alpha value is -2.87. The predicted octanol–water partition coefficient (Wildman–Crippen LogP) is 6.59. The number of carbonyl (C=O) groups is 2. The Bertz CT molecular complexity index is 1160. The standard InChI is InChI=1S/C24H23F3O4S/c1-4-19(23(29)30)31-20-8-5-15(11-13(20)2)18(28)7-10-21-14(3)17-12-16(24(25,26)27)6-9-22(17)32-21/h5-6,8-9,11-12,19H,4,7,10H2,1-3H3,(H,29,30). The topological polar surface area (TPSA) is 63.6 Å². The summed E-state index contributed by atoms with van der Waals surface area (Å²) in [6.07, 6.45) is -4.39. The lowest BCUT2D eigenvalue weighted by atomic mass is 10.0. The molecule has 8 heteroatoms. The summed E-state index contributed by atoms with van der Waals surface area (Å²) in [4.78, 5) is 24.8. The molecule has 4 nitrogen and oxygen atoms in total. The van der Waals surface area contributed by atoms with Crippen LogP contribution >= 0.6 is 11.3 Å². The lowest BCUT2D eigenvalue weighted by molar-refractivity contribution is -0.145. The Morgan fingerprint density at radius 1 is 1.12 bits per heavy atom. The average molecular weight is 465 g/mol. The first-order valence-electron chi connectivity index (χ1n) is 10.1. The number of thiophene rings is 1. The number of fused-ring (bicyclic) bond motifs is 1. The number of carboxylic acid groups (broad SMARTS) is 1. The summed E-state index contributed by atoms with van der Waals surface area (Å²) in [6, 6.07) is 8.58. The smallest absolute Gasteiger partial charge is 0.416 e. The van der Waals surface area contributed by atoms with Gasteiger partial charge in [-0.1, -0.05) is 6.92 Å². The number of carbonyl (C=O) groups excluding carboxylic acids is 1. The van der Waals surface area contributed by atoms with E-state index in [9.17, 15) is 22.8 Å². The van der Waals surface area contributed by atoms with E-state index < -0.39 is 23.8 Å². The molecule has 1 aromatic heterocycles. The number of alkyl halides is 3. The number of hydrogen-bond donors (Lipinski definition) is 1. The fourth-order valence-electron chi connectivity index (χ4n) is 3.47. The Labute approximate surface area is 187 Å². The molecular weight excluding hydrogens is 441 g/mol. The van der Waals surface area contributed by atoms with Gasteiger partial charge in [0.2, 0.25) is 0 Å². The van der Waals surface area contributed by atoms with Crippen LogP contribution in [0.5, 0.6) is 5.75 Å². The lowest BCUT2D eigenvalue weighted by Gasteiger charge is -2.15. The Balaban J connectivity index is 1.73. The summed E-state index contributed by atoms with van der Waals surface area (Å²) >= 11 is 1.40. The van der Waals surface area contributed by atoms with Gasteiger partial charge in [-0.05, 0) is 79.6 Å². The van der Waals surface area contributed by atoms with Crippen LogP contribution in [0.2, 0.25) is 0 Å². The van der Waals surface area contributed by atoms with E-state index in [1.807, 2.05) is 0 Å². The minimum absolute atomic E-state index is 0.0993. The number of aliphatic carboxylic acids is 1. The zero-order valence-electron chi connectivity index (χ0n) is 17.9. The molecule has 0 spiro atoms. The summed E-state index contributed by atoms with van der Waals surface area (Å²) in [5.41, 5.74) is 1.23. The molecule has 0 aliphatic rings. The van der Waals surface area contributed by atoms with Gasteiger partial charge in [-0.25, -0.2) is 4.79 Å². The van der Waals surface area contributed by atoms with Crippen LogP contribution in [0.25, 0.3) is 10.1 Å². The van der Waals surface area contributed by atoms with E-state index in [0.29, 0.717) is 35.1 Å². The zero-order chi connectivity index (χ0) is 23.6. The summed E-state index contributed by atoms with van der Waals surface area (Å²) in [5, 5.41) is 9.71. The molecule has 0 bridgehead atoms. The molecule has 2 aromatic carbocycles. The predicted molar refractivity (Wildman–Crippen MR) is 118 cm³/mol. The monoisotopic (exact) mass is 464 g/mol. The SMILES string of the molecule is CCC(Oc1ccc(C(=O)CCc2sc3ccc(C(F)(F)F)cc3c2C)cc1C)C(=O)O. The van der Waals surface area contributed by atoms with E-state index in [1.165, 1.54) is 17.4 Å². The van der Waals surface area contributed by atoms with Crippen LogP contribution in [0.15, 0.2) is 36.4 Å². The third-order valence-electron chi connectivity index (χ3n) is 5.35. The van der Waals surface area contributed by atoms with Crippen LogP contribution in [0.1, 0.15) is 51.7 Å². The highest BCUT2D eigenvalue weighted by Gasteiger charge is 2.31. The molecule has 0 saturated heterocycles. The summed E-state index contributed by atoms with van der Waals surface area (Å²) < 4.78 is 45.3.